The summed E-state index contributed by atoms with van der Waals surface area (Å²) in [5.74, 6) is -0.0520. The lowest BCUT2D eigenvalue weighted by Crippen LogP contribution is -2.28. The Morgan fingerprint density at radius 3 is 2.81 bits per heavy atom. The zero-order valence-corrected chi connectivity index (χ0v) is 14.3. The number of fused-ring (bicyclic) bond motifs is 2. The summed E-state index contributed by atoms with van der Waals surface area (Å²) in [6, 6.07) is 4.31. The minimum Gasteiger partial charge on any atom is -0.393 e. The van der Waals surface area contributed by atoms with E-state index in [1.54, 1.807) is 21.4 Å². The van der Waals surface area contributed by atoms with E-state index in [1.165, 1.54) is 18.5 Å². The van der Waals surface area contributed by atoms with E-state index in [4.69, 9.17) is 0 Å². The highest BCUT2D eigenvalue weighted by Gasteiger charge is 2.25. The minimum absolute atomic E-state index is 0.0191. The third-order valence-corrected chi connectivity index (χ3v) is 5.20. The molecule has 0 bridgehead atoms. The van der Waals surface area contributed by atoms with Gasteiger partial charge in [-0.15, -0.1) is 0 Å². The number of aromatic nitrogens is 6. The molecule has 1 aliphatic carbocycles. The Hall–Kier alpha value is -3.07. The number of aliphatic hydroxyl groups is 1. The molecule has 2 N–H and O–H groups in total. The number of hydrogen-bond acceptors (Lipinski definition) is 5. The molecule has 0 saturated heterocycles. The Bertz CT molecular complexity index is 1200. The highest BCUT2D eigenvalue weighted by molar-refractivity contribution is 5.77. The van der Waals surface area contributed by atoms with Gasteiger partial charge in [-0.2, -0.15) is 4.98 Å². The van der Waals surface area contributed by atoms with Crippen LogP contribution in [0.1, 0.15) is 31.7 Å². The zero-order chi connectivity index (χ0) is 18.5. The summed E-state index contributed by atoms with van der Waals surface area (Å²) in [6.07, 6.45) is 5.54. The lowest BCUT2D eigenvalue weighted by Gasteiger charge is -2.25. The molecular formula is C18H17FN6O2. The van der Waals surface area contributed by atoms with Gasteiger partial charge in [-0.05, 0) is 37.8 Å². The smallest absolute Gasteiger partial charge is 0.327 e. The van der Waals surface area contributed by atoms with Gasteiger partial charge in [0.1, 0.15) is 17.7 Å². The van der Waals surface area contributed by atoms with Gasteiger partial charge in [0.15, 0.2) is 5.65 Å². The third kappa shape index (κ3) is 2.62. The average Bonchev–Trinajstić information content (AvgIpc) is 3.22. The zero-order valence-electron chi connectivity index (χ0n) is 14.3. The summed E-state index contributed by atoms with van der Waals surface area (Å²) in [5.41, 5.74) is 2.00. The van der Waals surface area contributed by atoms with Crippen molar-refractivity contribution in [3.8, 4) is 5.95 Å². The van der Waals surface area contributed by atoms with Crippen LogP contribution in [0.25, 0.3) is 28.1 Å². The van der Waals surface area contributed by atoms with E-state index < -0.39 is 0 Å². The van der Waals surface area contributed by atoms with Crippen molar-refractivity contribution in [2.45, 2.75) is 37.8 Å². The van der Waals surface area contributed by atoms with E-state index in [1.807, 2.05) is 0 Å². The van der Waals surface area contributed by atoms with Crippen molar-refractivity contribution in [3.63, 3.8) is 0 Å². The molecule has 138 valence electrons. The molecule has 4 aromatic rings. The van der Waals surface area contributed by atoms with Crippen LogP contribution in [-0.4, -0.2) is 40.3 Å². The van der Waals surface area contributed by atoms with Crippen LogP contribution in [0.2, 0.25) is 0 Å². The maximum Gasteiger partial charge on any atom is 0.327 e. The number of nitrogens with one attached hydrogen (secondary N) is 1. The van der Waals surface area contributed by atoms with E-state index in [-0.39, 0.29) is 23.7 Å². The Labute approximate surface area is 152 Å². The molecule has 9 heteroatoms. The van der Waals surface area contributed by atoms with Crippen LogP contribution in [0.4, 0.5) is 4.39 Å². The molecule has 27 heavy (non-hydrogen) atoms. The number of imidazole rings is 2. The fourth-order valence-corrected chi connectivity index (χ4v) is 3.82. The number of aliphatic hydroxyl groups excluding tert-OH is 1. The van der Waals surface area contributed by atoms with Crippen LogP contribution < -0.4 is 5.69 Å². The van der Waals surface area contributed by atoms with Crippen LogP contribution in [0, 0.1) is 5.82 Å². The standard InChI is InChI=1S/C18H17FN6O2/c19-10-1-6-13-15(7-10)24(9-21-13)17-20-8-14-16(23-17)25(18(27)22-14)11-2-4-12(26)5-3-11/h1,6-9,11-12,26H,2-5H2,(H,22,27). The highest BCUT2D eigenvalue weighted by atomic mass is 19.1. The summed E-state index contributed by atoms with van der Waals surface area (Å²) < 4.78 is 16.9. The van der Waals surface area contributed by atoms with Crippen molar-refractivity contribution >= 4 is 22.2 Å². The topological polar surface area (TPSA) is 102 Å². The molecule has 0 aliphatic heterocycles. The molecule has 0 radical (unpaired) electrons. The quantitative estimate of drug-likeness (QED) is 0.564. The predicted octanol–water partition coefficient (Wildman–Crippen LogP) is 2.07. The molecule has 0 spiro atoms. The molecule has 1 aromatic carbocycles. The van der Waals surface area contributed by atoms with Crippen molar-refractivity contribution in [1.29, 1.82) is 0 Å². The van der Waals surface area contributed by atoms with Gasteiger partial charge < -0.3 is 10.1 Å². The third-order valence-electron chi connectivity index (χ3n) is 5.20. The van der Waals surface area contributed by atoms with Crippen molar-refractivity contribution in [2.24, 2.45) is 0 Å². The molecule has 0 amide bonds. The second-order valence-corrected chi connectivity index (χ2v) is 6.92. The lowest BCUT2D eigenvalue weighted by atomic mass is 9.93. The van der Waals surface area contributed by atoms with E-state index in [0.29, 0.717) is 53.8 Å². The van der Waals surface area contributed by atoms with E-state index in [9.17, 15) is 14.3 Å². The van der Waals surface area contributed by atoms with Crippen molar-refractivity contribution in [2.75, 3.05) is 0 Å². The number of hydrogen-bond donors (Lipinski definition) is 2. The predicted molar refractivity (Wildman–Crippen MR) is 96.2 cm³/mol. The molecule has 3 heterocycles. The Morgan fingerprint density at radius 1 is 1.19 bits per heavy atom. The molecule has 8 nitrogen and oxygen atoms in total. The van der Waals surface area contributed by atoms with E-state index >= 15 is 0 Å². The van der Waals surface area contributed by atoms with E-state index in [0.717, 1.165) is 0 Å². The lowest BCUT2D eigenvalue weighted by molar-refractivity contribution is 0.111. The molecule has 1 saturated carbocycles. The van der Waals surface area contributed by atoms with Crippen molar-refractivity contribution in [3.05, 3.63) is 47.0 Å². The molecule has 1 aliphatic rings. The van der Waals surface area contributed by atoms with Crippen LogP contribution >= 0.6 is 0 Å². The monoisotopic (exact) mass is 368 g/mol. The van der Waals surface area contributed by atoms with Gasteiger partial charge in [0.05, 0.1) is 23.3 Å². The van der Waals surface area contributed by atoms with Gasteiger partial charge in [0.25, 0.3) is 0 Å². The fourth-order valence-electron chi connectivity index (χ4n) is 3.82. The first-order chi connectivity index (χ1) is 13.1. The molecular weight excluding hydrogens is 351 g/mol. The number of aromatic amines is 1. The Balaban J connectivity index is 1.65. The number of nitrogens with zero attached hydrogens (tertiary/aromatic N) is 5. The summed E-state index contributed by atoms with van der Waals surface area (Å²) in [5, 5.41) is 9.74. The highest BCUT2D eigenvalue weighted by Crippen LogP contribution is 2.29. The van der Waals surface area contributed by atoms with Gasteiger partial charge in [-0.1, -0.05) is 0 Å². The number of benzene rings is 1. The fraction of sp³-hybridized carbons (Fsp3) is 0.333. The largest absolute Gasteiger partial charge is 0.393 e. The summed E-state index contributed by atoms with van der Waals surface area (Å²) in [7, 11) is 0. The Kier molecular flexibility index (Phi) is 3.57. The van der Waals surface area contributed by atoms with Gasteiger partial charge in [0, 0.05) is 12.1 Å². The van der Waals surface area contributed by atoms with Gasteiger partial charge >= 0.3 is 5.69 Å². The van der Waals surface area contributed by atoms with Gasteiger partial charge in [-0.25, -0.2) is 19.2 Å². The first-order valence-corrected chi connectivity index (χ1v) is 8.88. The maximum absolute atomic E-state index is 13.7. The average molecular weight is 368 g/mol. The first kappa shape index (κ1) is 16.1. The molecule has 1 fully saturated rings. The summed E-state index contributed by atoms with van der Waals surface area (Å²) >= 11 is 0. The van der Waals surface area contributed by atoms with Gasteiger partial charge in [0.2, 0.25) is 5.95 Å². The number of rotatable bonds is 2. The molecule has 0 atom stereocenters. The first-order valence-electron chi connectivity index (χ1n) is 8.88. The number of halogens is 1. The van der Waals surface area contributed by atoms with E-state index in [2.05, 4.69) is 19.9 Å². The second-order valence-electron chi connectivity index (χ2n) is 6.92. The normalized spacial score (nSPS) is 20.5. The van der Waals surface area contributed by atoms with Crippen LogP contribution in [0.15, 0.2) is 35.5 Å². The summed E-state index contributed by atoms with van der Waals surface area (Å²) in [6.45, 7) is 0. The maximum atomic E-state index is 13.7. The van der Waals surface area contributed by atoms with Gasteiger partial charge in [-0.3, -0.25) is 9.13 Å². The summed E-state index contributed by atoms with van der Waals surface area (Å²) in [4.78, 5) is 28.4. The van der Waals surface area contributed by atoms with Crippen LogP contribution in [0.3, 0.4) is 0 Å². The molecule has 3 aromatic heterocycles. The molecule has 5 rings (SSSR count). The van der Waals surface area contributed by atoms with Crippen LogP contribution in [0.5, 0.6) is 0 Å². The second kappa shape index (κ2) is 5.98. The molecule has 0 unspecified atom stereocenters. The SMILES string of the molecule is O=c1[nH]c2cnc(-n3cnc4ccc(F)cc43)nc2n1C1CCC(O)CC1. The van der Waals surface area contributed by atoms with Crippen molar-refractivity contribution in [1.82, 2.24) is 29.1 Å². The van der Waals surface area contributed by atoms with Crippen molar-refractivity contribution < 1.29 is 9.50 Å². The minimum atomic E-state index is -0.371. The number of H-pyrrole nitrogens is 1. The van der Waals surface area contributed by atoms with Crippen LogP contribution in [-0.2, 0) is 0 Å². The Morgan fingerprint density at radius 2 is 2.00 bits per heavy atom.